The van der Waals surface area contributed by atoms with E-state index in [-0.39, 0.29) is 0 Å². The maximum Gasteiger partial charge on any atom is 0.160 e. The van der Waals surface area contributed by atoms with Gasteiger partial charge in [-0.15, -0.1) is 11.3 Å². The lowest BCUT2D eigenvalue weighted by atomic mass is 9.99. The van der Waals surface area contributed by atoms with Crippen LogP contribution in [0.1, 0.15) is 9.67 Å². The third-order valence-electron chi connectivity index (χ3n) is 3.15. The zero-order chi connectivity index (χ0) is 14.1. The maximum absolute atomic E-state index is 11.2. The van der Waals surface area contributed by atoms with Crippen LogP contribution in [0.5, 0.6) is 5.75 Å². The summed E-state index contributed by atoms with van der Waals surface area (Å²) in [5.74, 6) is 0.710. The van der Waals surface area contributed by atoms with Crippen LogP contribution in [0.2, 0.25) is 5.15 Å². The minimum atomic E-state index is 0.439. The maximum atomic E-state index is 11.2. The van der Waals surface area contributed by atoms with E-state index in [0.29, 0.717) is 15.8 Å². The predicted octanol–water partition coefficient (Wildman–Crippen LogP) is 4.44. The quantitative estimate of drug-likeness (QED) is 0.530. The Bertz CT molecular complexity index is 798. The van der Waals surface area contributed by atoms with E-state index in [2.05, 4.69) is 4.98 Å². The second-order valence-corrected chi connectivity index (χ2v) is 5.46. The van der Waals surface area contributed by atoms with E-state index in [1.165, 1.54) is 11.3 Å². The first-order valence-electron chi connectivity index (χ1n) is 5.90. The normalized spacial score (nSPS) is 10.7. The lowest BCUT2D eigenvalue weighted by Crippen LogP contribution is -1.91. The number of nitrogens with zero attached hydrogens (tertiary/aromatic N) is 1. The molecule has 0 atom stereocenters. The summed E-state index contributed by atoms with van der Waals surface area (Å²) < 4.78 is 5.44. The van der Waals surface area contributed by atoms with E-state index in [0.717, 1.165) is 28.2 Å². The van der Waals surface area contributed by atoms with Crippen LogP contribution in [0, 0.1) is 0 Å². The number of carbonyl (C=O) groups is 1. The standard InChI is InChI=1S/C15H10ClNO2S/c1-19-12-3-2-10-9(4-6-17-15(10)16)14(12)11-5-7-20-13(11)8-18/h2-8H,1H3. The Morgan fingerprint density at radius 2 is 2.10 bits per heavy atom. The number of halogens is 1. The first-order chi connectivity index (χ1) is 9.76. The van der Waals surface area contributed by atoms with Crippen molar-refractivity contribution in [3.05, 3.63) is 45.9 Å². The van der Waals surface area contributed by atoms with Crippen molar-refractivity contribution in [2.24, 2.45) is 0 Å². The van der Waals surface area contributed by atoms with E-state index in [1.807, 2.05) is 29.6 Å². The average molecular weight is 304 g/mol. The van der Waals surface area contributed by atoms with Crippen LogP contribution in [-0.2, 0) is 0 Å². The molecule has 0 aliphatic rings. The molecule has 0 saturated carbocycles. The van der Waals surface area contributed by atoms with E-state index < -0.39 is 0 Å². The molecular weight excluding hydrogens is 294 g/mol. The molecule has 0 fully saturated rings. The Balaban J connectivity index is 2.43. The van der Waals surface area contributed by atoms with Crippen LogP contribution >= 0.6 is 22.9 Å². The Morgan fingerprint density at radius 1 is 1.25 bits per heavy atom. The van der Waals surface area contributed by atoms with Gasteiger partial charge in [-0.05, 0) is 35.0 Å². The van der Waals surface area contributed by atoms with Gasteiger partial charge >= 0.3 is 0 Å². The van der Waals surface area contributed by atoms with Crippen molar-refractivity contribution in [3.8, 4) is 16.9 Å². The molecule has 0 unspecified atom stereocenters. The summed E-state index contributed by atoms with van der Waals surface area (Å²) in [6.45, 7) is 0. The van der Waals surface area contributed by atoms with Crippen LogP contribution in [0.4, 0.5) is 0 Å². The highest BCUT2D eigenvalue weighted by atomic mass is 35.5. The highest BCUT2D eigenvalue weighted by molar-refractivity contribution is 7.12. The lowest BCUT2D eigenvalue weighted by Gasteiger charge is -2.12. The number of fused-ring (bicyclic) bond motifs is 1. The minimum Gasteiger partial charge on any atom is -0.496 e. The zero-order valence-electron chi connectivity index (χ0n) is 10.6. The average Bonchev–Trinajstić information content (AvgIpc) is 2.94. The van der Waals surface area contributed by atoms with Crippen LogP contribution in [0.25, 0.3) is 21.9 Å². The van der Waals surface area contributed by atoms with E-state index in [9.17, 15) is 4.79 Å². The van der Waals surface area contributed by atoms with Crippen molar-refractivity contribution in [2.75, 3.05) is 7.11 Å². The van der Waals surface area contributed by atoms with Gasteiger partial charge in [0.2, 0.25) is 0 Å². The zero-order valence-corrected chi connectivity index (χ0v) is 12.2. The fraction of sp³-hybridized carbons (Fsp3) is 0.0667. The summed E-state index contributed by atoms with van der Waals surface area (Å²) in [5.41, 5.74) is 1.73. The van der Waals surface area contributed by atoms with Crippen LogP contribution in [0.3, 0.4) is 0 Å². The number of ether oxygens (including phenoxy) is 1. The number of hydrogen-bond donors (Lipinski definition) is 0. The van der Waals surface area contributed by atoms with E-state index >= 15 is 0 Å². The van der Waals surface area contributed by atoms with Gasteiger partial charge in [-0.1, -0.05) is 11.6 Å². The molecular formula is C15H10ClNO2S. The highest BCUT2D eigenvalue weighted by Crippen LogP contribution is 2.41. The monoisotopic (exact) mass is 303 g/mol. The molecule has 0 N–H and O–H groups in total. The Labute approximate surface area is 124 Å². The van der Waals surface area contributed by atoms with Gasteiger partial charge in [0.15, 0.2) is 6.29 Å². The van der Waals surface area contributed by atoms with Crippen molar-refractivity contribution < 1.29 is 9.53 Å². The molecule has 0 amide bonds. The second kappa shape index (κ2) is 5.23. The molecule has 5 heteroatoms. The molecule has 2 aromatic heterocycles. The summed E-state index contributed by atoms with van der Waals surface area (Å²) in [6.07, 6.45) is 2.52. The number of carbonyl (C=O) groups excluding carboxylic acids is 1. The molecule has 3 aromatic rings. The second-order valence-electron chi connectivity index (χ2n) is 4.16. The summed E-state index contributed by atoms with van der Waals surface area (Å²) >= 11 is 7.54. The van der Waals surface area contributed by atoms with Gasteiger partial charge < -0.3 is 4.74 Å². The first-order valence-corrected chi connectivity index (χ1v) is 7.16. The summed E-state index contributed by atoms with van der Waals surface area (Å²) in [4.78, 5) is 16.0. The third kappa shape index (κ3) is 1.97. The first kappa shape index (κ1) is 13.1. The molecule has 0 aliphatic carbocycles. The SMILES string of the molecule is COc1ccc2c(Cl)nccc2c1-c1ccsc1C=O. The van der Waals surface area contributed by atoms with Crippen molar-refractivity contribution >= 4 is 40.0 Å². The molecule has 0 saturated heterocycles. The Hall–Kier alpha value is -1.91. The number of rotatable bonds is 3. The molecule has 3 rings (SSSR count). The number of methoxy groups -OCH3 is 1. The van der Waals surface area contributed by atoms with Gasteiger partial charge in [-0.2, -0.15) is 0 Å². The molecule has 0 spiro atoms. The third-order valence-corrected chi connectivity index (χ3v) is 4.29. The van der Waals surface area contributed by atoms with Gasteiger partial charge in [0.1, 0.15) is 10.9 Å². The number of benzene rings is 1. The number of hydrogen-bond acceptors (Lipinski definition) is 4. The molecule has 0 aliphatic heterocycles. The minimum absolute atomic E-state index is 0.439. The summed E-state index contributed by atoms with van der Waals surface area (Å²) in [7, 11) is 1.61. The Morgan fingerprint density at radius 3 is 2.85 bits per heavy atom. The molecule has 20 heavy (non-hydrogen) atoms. The smallest absolute Gasteiger partial charge is 0.160 e. The van der Waals surface area contributed by atoms with Crippen molar-refractivity contribution in [1.82, 2.24) is 4.98 Å². The van der Waals surface area contributed by atoms with Crippen LogP contribution < -0.4 is 4.74 Å². The fourth-order valence-electron chi connectivity index (χ4n) is 2.27. The van der Waals surface area contributed by atoms with Crippen molar-refractivity contribution in [3.63, 3.8) is 0 Å². The van der Waals surface area contributed by atoms with Crippen molar-refractivity contribution in [1.29, 1.82) is 0 Å². The predicted molar refractivity (Wildman–Crippen MR) is 82.0 cm³/mol. The van der Waals surface area contributed by atoms with Gasteiger partial charge in [0, 0.05) is 22.7 Å². The van der Waals surface area contributed by atoms with Gasteiger partial charge in [0.25, 0.3) is 0 Å². The molecule has 3 nitrogen and oxygen atoms in total. The van der Waals surface area contributed by atoms with Crippen LogP contribution in [-0.4, -0.2) is 18.4 Å². The Kier molecular flexibility index (Phi) is 3.42. The van der Waals surface area contributed by atoms with Gasteiger partial charge in [-0.3, -0.25) is 4.79 Å². The van der Waals surface area contributed by atoms with Crippen molar-refractivity contribution in [2.45, 2.75) is 0 Å². The van der Waals surface area contributed by atoms with E-state index in [1.54, 1.807) is 13.3 Å². The lowest BCUT2D eigenvalue weighted by molar-refractivity contribution is 0.112. The molecule has 0 bridgehead atoms. The van der Waals surface area contributed by atoms with Gasteiger partial charge in [-0.25, -0.2) is 4.98 Å². The van der Waals surface area contributed by atoms with Gasteiger partial charge in [0.05, 0.1) is 12.0 Å². The molecule has 1 aromatic carbocycles. The highest BCUT2D eigenvalue weighted by Gasteiger charge is 2.16. The summed E-state index contributed by atoms with van der Waals surface area (Å²) in [5, 5.41) is 4.09. The van der Waals surface area contributed by atoms with E-state index in [4.69, 9.17) is 16.3 Å². The number of pyridine rings is 1. The number of aldehydes is 1. The summed E-state index contributed by atoms with van der Waals surface area (Å²) in [6, 6.07) is 7.52. The molecule has 0 radical (unpaired) electrons. The number of aromatic nitrogens is 1. The topological polar surface area (TPSA) is 39.2 Å². The fourth-order valence-corrected chi connectivity index (χ4v) is 3.19. The largest absolute Gasteiger partial charge is 0.496 e. The van der Waals surface area contributed by atoms with Crippen LogP contribution in [0.15, 0.2) is 35.8 Å². The molecule has 100 valence electrons. The molecule has 2 heterocycles. The number of thiophene rings is 1.